The predicted molar refractivity (Wildman–Crippen MR) is 54.4 cm³/mol. The summed E-state index contributed by atoms with van der Waals surface area (Å²) in [5.74, 6) is 0. The van der Waals surface area contributed by atoms with Gasteiger partial charge in [0.15, 0.2) is 0 Å². The number of hydrogen-bond acceptors (Lipinski definition) is 4. The molecule has 0 aromatic rings. The van der Waals surface area contributed by atoms with Crippen LogP contribution in [0.3, 0.4) is 0 Å². The largest absolute Gasteiger partial charge is 0.394 e. The third kappa shape index (κ3) is 4.37. The van der Waals surface area contributed by atoms with Crippen LogP contribution in [0.25, 0.3) is 0 Å². The summed E-state index contributed by atoms with van der Waals surface area (Å²) in [6, 6.07) is 0. The first-order chi connectivity index (χ1) is 6.86. The van der Waals surface area contributed by atoms with Crippen molar-refractivity contribution in [1.82, 2.24) is 4.90 Å². The van der Waals surface area contributed by atoms with Crippen molar-refractivity contribution >= 4 is 0 Å². The average Bonchev–Trinajstić information content (AvgIpc) is 2.25. The lowest BCUT2D eigenvalue weighted by molar-refractivity contribution is -0.0531. The van der Waals surface area contributed by atoms with Crippen LogP contribution in [0.5, 0.6) is 0 Å². The van der Waals surface area contributed by atoms with Crippen molar-refractivity contribution in [1.29, 1.82) is 0 Å². The van der Waals surface area contributed by atoms with E-state index in [1.54, 1.807) is 7.11 Å². The molecule has 1 N–H and O–H groups in total. The van der Waals surface area contributed by atoms with Crippen LogP contribution in [0.1, 0.15) is 12.8 Å². The Balaban J connectivity index is 2.05. The average molecular weight is 203 g/mol. The molecule has 0 amide bonds. The van der Waals surface area contributed by atoms with E-state index >= 15 is 0 Å². The highest BCUT2D eigenvalue weighted by molar-refractivity contribution is 4.70. The number of aliphatic hydroxyl groups is 1. The highest BCUT2D eigenvalue weighted by Gasteiger charge is 2.18. The number of morpholine rings is 1. The Morgan fingerprint density at radius 1 is 1.50 bits per heavy atom. The van der Waals surface area contributed by atoms with E-state index in [1.807, 2.05) is 0 Å². The zero-order valence-electron chi connectivity index (χ0n) is 8.95. The Morgan fingerprint density at radius 3 is 3.07 bits per heavy atom. The molecule has 0 aromatic carbocycles. The van der Waals surface area contributed by atoms with E-state index in [2.05, 4.69) is 4.90 Å². The van der Waals surface area contributed by atoms with Crippen molar-refractivity contribution in [2.24, 2.45) is 0 Å². The fraction of sp³-hybridized carbons (Fsp3) is 1.00. The number of methoxy groups -OCH3 is 1. The van der Waals surface area contributed by atoms with Crippen LogP contribution >= 0.6 is 0 Å². The Labute approximate surface area is 85.8 Å². The molecule has 84 valence electrons. The fourth-order valence-corrected chi connectivity index (χ4v) is 1.68. The number of rotatable bonds is 6. The van der Waals surface area contributed by atoms with Crippen LogP contribution < -0.4 is 0 Å². The lowest BCUT2D eigenvalue weighted by atomic mass is 10.2. The van der Waals surface area contributed by atoms with Gasteiger partial charge in [0.2, 0.25) is 0 Å². The van der Waals surface area contributed by atoms with Crippen molar-refractivity contribution in [2.75, 3.05) is 46.6 Å². The van der Waals surface area contributed by atoms with Gasteiger partial charge in [0.25, 0.3) is 0 Å². The fourth-order valence-electron chi connectivity index (χ4n) is 1.68. The van der Waals surface area contributed by atoms with E-state index in [-0.39, 0.29) is 12.7 Å². The summed E-state index contributed by atoms with van der Waals surface area (Å²) in [4.78, 5) is 2.35. The Kier molecular flexibility index (Phi) is 6.10. The van der Waals surface area contributed by atoms with Crippen LogP contribution in [0.2, 0.25) is 0 Å². The minimum Gasteiger partial charge on any atom is -0.394 e. The number of nitrogens with zero attached hydrogens (tertiary/aromatic N) is 1. The number of ether oxygens (including phenoxy) is 2. The second kappa shape index (κ2) is 7.17. The van der Waals surface area contributed by atoms with Gasteiger partial charge in [-0.25, -0.2) is 0 Å². The van der Waals surface area contributed by atoms with Gasteiger partial charge in [-0.1, -0.05) is 0 Å². The van der Waals surface area contributed by atoms with Crippen molar-refractivity contribution < 1.29 is 14.6 Å². The molecule has 1 aliphatic rings. The molecule has 0 radical (unpaired) electrons. The molecule has 0 aromatic heterocycles. The molecule has 1 atom stereocenters. The quantitative estimate of drug-likeness (QED) is 0.622. The van der Waals surface area contributed by atoms with E-state index in [4.69, 9.17) is 14.6 Å². The molecule has 1 saturated heterocycles. The van der Waals surface area contributed by atoms with Gasteiger partial charge in [-0.2, -0.15) is 0 Å². The predicted octanol–water partition coefficient (Wildman–Crippen LogP) is 0.106. The van der Waals surface area contributed by atoms with E-state index in [1.165, 1.54) is 0 Å². The second-order valence-corrected chi connectivity index (χ2v) is 3.68. The summed E-state index contributed by atoms with van der Waals surface area (Å²) in [7, 11) is 1.73. The molecule has 4 heteroatoms. The van der Waals surface area contributed by atoms with Crippen molar-refractivity contribution in [3.8, 4) is 0 Å². The van der Waals surface area contributed by atoms with Gasteiger partial charge in [-0.05, 0) is 19.4 Å². The highest BCUT2D eigenvalue weighted by atomic mass is 16.5. The summed E-state index contributed by atoms with van der Waals surface area (Å²) in [6.07, 6.45) is 2.29. The Bertz CT molecular complexity index is 143. The number of hydrogen-bond donors (Lipinski definition) is 1. The minimum absolute atomic E-state index is 0.0196. The SMILES string of the molecule is COCCCCN1CCOC(CO)C1. The van der Waals surface area contributed by atoms with Crippen LogP contribution in [0.4, 0.5) is 0 Å². The van der Waals surface area contributed by atoms with Gasteiger partial charge in [-0.3, -0.25) is 4.90 Å². The monoisotopic (exact) mass is 203 g/mol. The van der Waals surface area contributed by atoms with Crippen molar-refractivity contribution in [3.63, 3.8) is 0 Å². The smallest absolute Gasteiger partial charge is 0.0932 e. The zero-order valence-corrected chi connectivity index (χ0v) is 8.95. The maximum absolute atomic E-state index is 8.95. The van der Waals surface area contributed by atoms with Gasteiger partial charge in [-0.15, -0.1) is 0 Å². The van der Waals surface area contributed by atoms with E-state index in [0.29, 0.717) is 0 Å². The van der Waals surface area contributed by atoms with Crippen LogP contribution in [0, 0.1) is 0 Å². The first-order valence-corrected chi connectivity index (χ1v) is 5.30. The van der Waals surface area contributed by atoms with Gasteiger partial charge in [0.05, 0.1) is 19.3 Å². The molecule has 0 saturated carbocycles. The van der Waals surface area contributed by atoms with Gasteiger partial charge < -0.3 is 14.6 Å². The maximum atomic E-state index is 8.95. The molecular weight excluding hydrogens is 182 g/mol. The van der Waals surface area contributed by atoms with E-state index in [0.717, 1.165) is 45.7 Å². The Hall–Kier alpha value is -0.160. The summed E-state index contributed by atoms with van der Waals surface area (Å²) >= 11 is 0. The second-order valence-electron chi connectivity index (χ2n) is 3.68. The van der Waals surface area contributed by atoms with E-state index < -0.39 is 0 Å². The third-order valence-corrected chi connectivity index (χ3v) is 2.50. The van der Waals surface area contributed by atoms with E-state index in [9.17, 15) is 0 Å². The molecule has 1 heterocycles. The molecule has 14 heavy (non-hydrogen) atoms. The molecular formula is C10H21NO3. The molecule has 1 aliphatic heterocycles. The van der Waals surface area contributed by atoms with Gasteiger partial charge >= 0.3 is 0 Å². The standard InChI is InChI=1S/C10H21NO3/c1-13-6-3-2-4-11-5-7-14-10(8-11)9-12/h10,12H,2-9H2,1H3. The lowest BCUT2D eigenvalue weighted by Crippen LogP contribution is -2.44. The molecule has 1 fully saturated rings. The van der Waals surface area contributed by atoms with Crippen molar-refractivity contribution in [3.05, 3.63) is 0 Å². The molecule has 4 nitrogen and oxygen atoms in total. The molecule has 0 spiro atoms. The van der Waals surface area contributed by atoms with Crippen LogP contribution in [-0.4, -0.2) is 62.7 Å². The third-order valence-electron chi connectivity index (χ3n) is 2.50. The van der Waals surface area contributed by atoms with Gasteiger partial charge in [0.1, 0.15) is 0 Å². The van der Waals surface area contributed by atoms with Gasteiger partial charge in [0, 0.05) is 26.8 Å². The summed E-state index contributed by atoms with van der Waals surface area (Å²) in [5, 5.41) is 8.95. The first-order valence-electron chi connectivity index (χ1n) is 5.30. The topological polar surface area (TPSA) is 41.9 Å². The Morgan fingerprint density at radius 2 is 2.36 bits per heavy atom. The summed E-state index contributed by atoms with van der Waals surface area (Å²) in [5.41, 5.74) is 0. The highest BCUT2D eigenvalue weighted by Crippen LogP contribution is 2.05. The summed E-state index contributed by atoms with van der Waals surface area (Å²) < 4.78 is 10.4. The zero-order chi connectivity index (χ0) is 10.2. The first kappa shape index (κ1) is 11.9. The maximum Gasteiger partial charge on any atom is 0.0932 e. The van der Waals surface area contributed by atoms with Crippen LogP contribution in [-0.2, 0) is 9.47 Å². The number of unbranched alkanes of at least 4 members (excludes halogenated alkanes) is 1. The summed E-state index contributed by atoms with van der Waals surface area (Å²) in [6.45, 7) is 4.66. The van der Waals surface area contributed by atoms with Crippen molar-refractivity contribution in [2.45, 2.75) is 18.9 Å². The molecule has 1 unspecified atom stereocenters. The lowest BCUT2D eigenvalue weighted by Gasteiger charge is -2.31. The minimum atomic E-state index is 0.0196. The normalized spacial score (nSPS) is 24.0. The number of aliphatic hydroxyl groups excluding tert-OH is 1. The molecule has 0 aliphatic carbocycles. The molecule has 0 bridgehead atoms. The van der Waals surface area contributed by atoms with Crippen LogP contribution in [0.15, 0.2) is 0 Å². The molecule has 1 rings (SSSR count).